The second-order valence-corrected chi connectivity index (χ2v) is 7.48. The van der Waals surface area contributed by atoms with Gasteiger partial charge in [-0.15, -0.1) is 0 Å². The SMILES string of the molecule is CC1(C)COCCN1S(=O)(=O)c1cc(N)c(F)cc1Cl. The van der Waals surface area contributed by atoms with E-state index < -0.39 is 21.4 Å². The van der Waals surface area contributed by atoms with Crippen molar-refractivity contribution in [3.8, 4) is 0 Å². The molecule has 0 unspecified atom stereocenters. The van der Waals surface area contributed by atoms with Crippen LogP contribution < -0.4 is 5.73 Å². The van der Waals surface area contributed by atoms with Gasteiger partial charge in [-0.2, -0.15) is 4.31 Å². The number of morpholine rings is 1. The maximum absolute atomic E-state index is 13.3. The smallest absolute Gasteiger partial charge is 0.245 e. The quantitative estimate of drug-likeness (QED) is 0.844. The summed E-state index contributed by atoms with van der Waals surface area (Å²) < 4.78 is 45.3. The number of rotatable bonds is 2. The zero-order chi connectivity index (χ0) is 15.1. The monoisotopic (exact) mass is 322 g/mol. The zero-order valence-electron chi connectivity index (χ0n) is 11.2. The molecule has 2 N–H and O–H groups in total. The molecule has 1 aromatic rings. The van der Waals surface area contributed by atoms with E-state index in [9.17, 15) is 12.8 Å². The minimum atomic E-state index is -3.86. The van der Waals surface area contributed by atoms with E-state index in [0.29, 0.717) is 6.61 Å². The molecule has 1 fully saturated rings. The van der Waals surface area contributed by atoms with Crippen LogP contribution in [0.25, 0.3) is 0 Å². The molecular weight excluding hydrogens is 307 g/mol. The van der Waals surface area contributed by atoms with Crippen molar-refractivity contribution in [2.75, 3.05) is 25.5 Å². The molecule has 8 heteroatoms. The fourth-order valence-electron chi connectivity index (χ4n) is 2.15. The van der Waals surface area contributed by atoms with E-state index in [1.54, 1.807) is 13.8 Å². The number of anilines is 1. The molecule has 0 saturated carbocycles. The lowest BCUT2D eigenvalue weighted by atomic mass is 10.1. The van der Waals surface area contributed by atoms with Crippen LogP contribution in [-0.2, 0) is 14.8 Å². The fraction of sp³-hybridized carbons (Fsp3) is 0.500. The van der Waals surface area contributed by atoms with Crippen LogP contribution in [-0.4, -0.2) is 38.0 Å². The first-order valence-electron chi connectivity index (χ1n) is 6.01. The summed E-state index contributed by atoms with van der Waals surface area (Å²) in [4.78, 5) is -0.187. The van der Waals surface area contributed by atoms with Gasteiger partial charge < -0.3 is 10.5 Å². The third kappa shape index (κ3) is 2.63. The molecule has 0 atom stereocenters. The number of nitrogens with zero attached hydrogens (tertiary/aromatic N) is 1. The van der Waals surface area contributed by atoms with E-state index in [4.69, 9.17) is 22.1 Å². The van der Waals surface area contributed by atoms with Gasteiger partial charge in [0.2, 0.25) is 10.0 Å². The van der Waals surface area contributed by atoms with Crippen molar-refractivity contribution >= 4 is 27.3 Å². The second-order valence-electron chi connectivity index (χ2n) is 5.25. The minimum Gasteiger partial charge on any atom is -0.396 e. The lowest BCUT2D eigenvalue weighted by Gasteiger charge is -2.40. The molecule has 1 aromatic carbocycles. The molecule has 1 heterocycles. The molecule has 0 bridgehead atoms. The highest BCUT2D eigenvalue weighted by molar-refractivity contribution is 7.89. The van der Waals surface area contributed by atoms with Gasteiger partial charge in [-0.05, 0) is 26.0 Å². The van der Waals surface area contributed by atoms with E-state index in [1.165, 1.54) is 4.31 Å². The molecular formula is C12H16ClFN2O3S. The van der Waals surface area contributed by atoms with Crippen molar-refractivity contribution in [1.82, 2.24) is 4.31 Å². The molecule has 0 spiro atoms. The highest BCUT2D eigenvalue weighted by Gasteiger charge is 2.40. The highest BCUT2D eigenvalue weighted by atomic mass is 35.5. The Hall–Kier alpha value is -0.890. The van der Waals surface area contributed by atoms with Crippen LogP contribution in [0.3, 0.4) is 0 Å². The van der Waals surface area contributed by atoms with E-state index in [1.807, 2.05) is 0 Å². The van der Waals surface area contributed by atoms with Gasteiger partial charge in [0, 0.05) is 6.54 Å². The molecule has 5 nitrogen and oxygen atoms in total. The normalized spacial score (nSPS) is 20.0. The highest BCUT2D eigenvalue weighted by Crippen LogP contribution is 2.33. The Balaban J connectivity index is 2.53. The molecule has 20 heavy (non-hydrogen) atoms. The minimum absolute atomic E-state index is 0.181. The number of hydrogen-bond donors (Lipinski definition) is 1. The van der Waals surface area contributed by atoms with Crippen LogP contribution in [0.1, 0.15) is 13.8 Å². The molecule has 0 aliphatic carbocycles. The predicted octanol–water partition coefficient (Wildman–Crippen LogP) is 1.86. The van der Waals surface area contributed by atoms with Gasteiger partial charge in [0.05, 0.1) is 29.5 Å². The lowest BCUT2D eigenvalue weighted by Crippen LogP contribution is -2.55. The maximum Gasteiger partial charge on any atom is 0.245 e. The molecule has 0 aromatic heterocycles. The standard InChI is InChI=1S/C12H16ClFN2O3S/c1-12(2)7-19-4-3-16(12)20(17,18)11-6-10(15)9(14)5-8(11)13/h5-6H,3-4,7,15H2,1-2H3. The van der Waals surface area contributed by atoms with E-state index in [-0.39, 0.29) is 28.8 Å². The average Bonchev–Trinajstić information content (AvgIpc) is 2.32. The van der Waals surface area contributed by atoms with Crippen molar-refractivity contribution < 1.29 is 17.5 Å². The Morgan fingerprint density at radius 2 is 2.10 bits per heavy atom. The zero-order valence-corrected chi connectivity index (χ0v) is 12.8. The van der Waals surface area contributed by atoms with Gasteiger partial charge in [-0.1, -0.05) is 11.6 Å². The fourth-order valence-corrected chi connectivity index (χ4v) is 4.43. The number of benzene rings is 1. The number of halogens is 2. The van der Waals surface area contributed by atoms with Crippen LogP contribution in [0.4, 0.5) is 10.1 Å². The Kier molecular flexibility index (Phi) is 3.98. The number of nitrogen functional groups attached to an aromatic ring is 1. The molecule has 1 saturated heterocycles. The van der Waals surface area contributed by atoms with Crippen LogP contribution in [0, 0.1) is 5.82 Å². The first kappa shape index (κ1) is 15.5. The summed E-state index contributed by atoms with van der Waals surface area (Å²) in [6, 6.07) is 1.97. The third-order valence-electron chi connectivity index (χ3n) is 3.19. The van der Waals surface area contributed by atoms with Crippen molar-refractivity contribution in [2.24, 2.45) is 0 Å². The molecule has 112 valence electrons. The molecule has 0 radical (unpaired) electrons. The number of sulfonamides is 1. The third-order valence-corrected chi connectivity index (χ3v) is 5.76. The summed E-state index contributed by atoms with van der Waals surface area (Å²) in [5.74, 6) is -0.741. The topological polar surface area (TPSA) is 72.6 Å². The molecule has 1 aliphatic rings. The van der Waals surface area contributed by atoms with Crippen molar-refractivity contribution in [3.63, 3.8) is 0 Å². The molecule has 2 rings (SSSR count). The van der Waals surface area contributed by atoms with Gasteiger partial charge in [0.25, 0.3) is 0 Å². The Labute approximate surface area is 122 Å². The first-order chi connectivity index (χ1) is 9.16. The summed E-state index contributed by atoms with van der Waals surface area (Å²) in [5.41, 5.74) is 4.49. The molecule has 1 aliphatic heterocycles. The summed E-state index contributed by atoms with van der Waals surface area (Å²) in [6.07, 6.45) is 0. The van der Waals surface area contributed by atoms with Crippen molar-refractivity contribution in [3.05, 3.63) is 23.0 Å². The van der Waals surface area contributed by atoms with Crippen LogP contribution in [0.2, 0.25) is 5.02 Å². The average molecular weight is 323 g/mol. The van der Waals surface area contributed by atoms with E-state index in [2.05, 4.69) is 0 Å². The lowest BCUT2D eigenvalue weighted by molar-refractivity contribution is -0.00770. The summed E-state index contributed by atoms with van der Waals surface area (Å²) >= 11 is 5.87. The van der Waals surface area contributed by atoms with Gasteiger partial charge in [-0.25, -0.2) is 12.8 Å². The maximum atomic E-state index is 13.3. The van der Waals surface area contributed by atoms with E-state index >= 15 is 0 Å². The second kappa shape index (κ2) is 5.14. The van der Waals surface area contributed by atoms with Crippen LogP contribution in [0.5, 0.6) is 0 Å². The Morgan fingerprint density at radius 3 is 2.70 bits per heavy atom. The summed E-state index contributed by atoms with van der Waals surface area (Å²) in [7, 11) is -3.86. The summed E-state index contributed by atoms with van der Waals surface area (Å²) in [5, 5.41) is -0.181. The predicted molar refractivity (Wildman–Crippen MR) is 74.6 cm³/mol. The first-order valence-corrected chi connectivity index (χ1v) is 7.83. The molecule has 0 amide bonds. The van der Waals surface area contributed by atoms with Gasteiger partial charge >= 0.3 is 0 Å². The van der Waals surface area contributed by atoms with Gasteiger partial charge in [-0.3, -0.25) is 0 Å². The van der Waals surface area contributed by atoms with Crippen molar-refractivity contribution in [2.45, 2.75) is 24.3 Å². The van der Waals surface area contributed by atoms with E-state index in [0.717, 1.165) is 12.1 Å². The van der Waals surface area contributed by atoms with Crippen LogP contribution in [0.15, 0.2) is 17.0 Å². The Bertz CT molecular complexity index is 634. The summed E-state index contributed by atoms with van der Waals surface area (Å²) in [6.45, 7) is 4.30. The number of ether oxygens (including phenoxy) is 1. The number of hydrogen-bond acceptors (Lipinski definition) is 4. The van der Waals surface area contributed by atoms with Crippen molar-refractivity contribution in [1.29, 1.82) is 0 Å². The Morgan fingerprint density at radius 1 is 1.45 bits per heavy atom. The van der Waals surface area contributed by atoms with Gasteiger partial charge in [0.1, 0.15) is 10.7 Å². The largest absolute Gasteiger partial charge is 0.396 e. The van der Waals surface area contributed by atoms with Gasteiger partial charge in [0.15, 0.2) is 0 Å². The van der Waals surface area contributed by atoms with Crippen LogP contribution >= 0.6 is 11.6 Å². The number of nitrogens with two attached hydrogens (primary N) is 1.